The molecule has 1 atom stereocenters. The minimum Gasteiger partial charge on any atom is -0.493 e. The van der Waals surface area contributed by atoms with Gasteiger partial charge in [0.05, 0.1) is 24.3 Å². The average molecular weight is 316 g/mol. The maximum atomic E-state index is 6.28. The van der Waals surface area contributed by atoms with Gasteiger partial charge in [-0.1, -0.05) is 11.6 Å². The minimum absolute atomic E-state index is 0.0673. The van der Waals surface area contributed by atoms with Crippen LogP contribution >= 0.6 is 11.6 Å². The van der Waals surface area contributed by atoms with E-state index in [1.807, 2.05) is 39.8 Å². The van der Waals surface area contributed by atoms with E-state index in [-0.39, 0.29) is 11.6 Å². The number of halogens is 1. The molecule has 5 heteroatoms. The lowest BCUT2D eigenvalue weighted by Gasteiger charge is -2.20. The van der Waals surface area contributed by atoms with Crippen LogP contribution in [0.4, 0.5) is 0 Å². The molecule has 0 aromatic heterocycles. The second-order valence-corrected chi connectivity index (χ2v) is 6.51. The summed E-state index contributed by atoms with van der Waals surface area (Å²) < 4.78 is 16.7. The SMILES string of the molecule is COc1cc(CC(C)N)cc(Cl)c1OCCOC(C)(C)C. The fourth-order valence-electron chi connectivity index (χ4n) is 1.89. The van der Waals surface area contributed by atoms with Crippen LogP contribution in [-0.4, -0.2) is 32.0 Å². The van der Waals surface area contributed by atoms with Gasteiger partial charge in [-0.2, -0.15) is 0 Å². The van der Waals surface area contributed by atoms with Crippen LogP contribution in [0.2, 0.25) is 5.02 Å². The van der Waals surface area contributed by atoms with E-state index in [4.69, 9.17) is 31.5 Å². The Labute approximate surface area is 132 Å². The predicted molar refractivity (Wildman–Crippen MR) is 86.6 cm³/mol. The molecule has 0 spiro atoms. The van der Waals surface area contributed by atoms with Crippen LogP contribution in [0.25, 0.3) is 0 Å². The van der Waals surface area contributed by atoms with Crippen molar-refractivity contribution in [1.82, 2.24) is 0 Å². The van der Waals surface area contributed by atoms with Gasteiger partial charge in [-0.25, -0.2) is 0 Å². The van der Waals surface area contributed by atoms with Gasteiger partial charge >= 0.3 is 0 Å². The first-order valence-electron chi connectivity index (χ1n) is 7.11. The van der Waals surface area contributed by atoms with Gasteiger partial charge < -0.3 is 19.9 Å². The van der Waals surface area contributed by atoms with E-state index in [0.717, 1.165) is 12.0 Å². The van der Waals surface area contributed by atoms with Gasteiger partial charge in [-0.15, -0.1) is 0 Å². The maximum absolute atomic E-state index is 6.28. The van der Waals surface area contributed by atoms with E-state index < -0.39 is 0 Å². The molecule has 0 bridgehead atoms. The number of nitrogens with two attached hydrogens (primary N) is 1. The highest BCUT2D eigenvalue weighted by Gasteiger charge is 2.14. The summed E-state index contributed by atoms with van der Waals surface area (Å²) in [6.45, 7) is 8.87. The quantitative estimate of drug-likeness (QED) is 0.783. The first kappa shape index (κ1) is 18.1. The normalized spacial score (nSPS) is 13.1. The molecule has 0 radical (unpaired) electrons. The van der Waals surface area contributed by atoms with Gasteiger partial charge in [0.15, 0.2) is 11.5 Å². The highest BCUT2D eigenvalue weighted by molar-refractivity contribution is 6.32. The largest absolute Gasteiger partial charge is 0.493 e. The van der Waals surface area contributed by atoms with Crippen molar-refractivity contribution >= 4 is 11.6 Å². The first-order valence-corrected chi connectivity index (χ1v) is 7.49. The summed E-state index contributed by atoms with van der Waals surface area (Å²) in [5.74, 6) is 1.17. The van der Waals surface area contributed by atoms with Crippen LogP contribution in [-0.2, 0) is 11.2 Å². The molecular formula is C16H26ClNO3. The van der Waals surface area contributed by atoms with Crippen molar-refractivity contribution in [2.24, 2.45) is 5.73 Å². The van der Waals surface area contributed by atoms with Crippen molar-refractivity contribution in [1.29, 1.82) is 0 Å². The van der Waals surface area contributed by atoms with E-state index in [1.54, 1.807) is 7.11 Å². The van der Waals surface area contributed by atoms with Gasteiger partial charge in [0.1, 0.15) is 6.61 Å². The van der Waals surface area contributed by atoms with E-state index in [0.29, 0.717) is 29.7 Å². The summed E-state index contributed by atoms with van der Waals surface area (Å²) in [6.07, 6.45) is 0.740. The van der Waals surface area contributed by atoms with Crippen LogP contribution in [0.5, 0.6) is 11.5 Å². The van der Waals surface area contributed by atoms with Crippen molar-refractivity contribution in [3.8, 4) is 11.5 Å². The topological polar surface area (TPSA) is 53.7 Å². The molecule has 0 saturated carbocycles. The van der Waals surface area contributed by atoms with E-state index >= 15 is 0 Å². The monoisotopic (exact) mass is 315 g/mol. The standard InChI is InChI=1S/C16H26ClNO3/c1-11(18)8-12-9-13(17)15(14(10-12)19-5)20-6-7-21-16(2,3)4/h9-11H,6-8,18H2,1-5H3. The van der Waals surface area contributed by atoms with Crippen LogP contribution in [0.1, 0.15) is 33.3 Å². The Hall–Kier alpha value is -0.970. The van der Waals surface area contributed by atoms with Gasteiger partial charge in [-0.05, 0) is 51.8 Å². The third-order valence-corrected chi connectivity index (χ3v) is 2.99. The Morgan fingerprint density at radius 1 is 1.24 bits per heavy atom. The average Bonchev–Trinajstić information content (AvgIpc) is 2.33. The highest BCUT2D eigenvalue weighted by Crippen LogP contribution is 2.36. The molecule has 2 N–H and O–H groups in total. The van der Waals surface area contributed by atoms with Crippen molar-refractivity contribution in [3.63, 3.8) is 0 Å². The number of rotatable bonds is 7. The molecule has 1 rings (SSSR count). The third kappa shape index (κ3) is 6.55. The van der Waals surface area contributed by atoms with E-state index in [1.165, 1.54) is 0 Å². The molecule has 1 aromatic carbocycles. The van der Waals surface area contributed by atoms with Crippen LogP contribution in [0.15, 0.2) is 12.1 Å². The molecule has 120 valence electrons. The minimum atomic E-state index is -0.182. The summed E-state index contributed by atoms with van der Waals surface area (Å²) in [5.41, 5.74) is 6.66. The number of ether oxygens (including phenoxy) is 3. The van der Waals surface area contributed by atoms with E-state index in [9.17, 15) is 0 Å². The van der Waals surface area contributed by atoms with Crippen molar-refractivity contribution < 1.29 is 14.2 Å². The molecule has 21 heavy (non-hydrogen) atoms. The molecular weight excluding hydrogens is 290 g/mol. The second-order valence-electron chi connectivity index (χ2n) is 6.10. The lowest BCUT2D eigenvalue weighted by atomic mass is 10.1. The Morgan fingerprint density at radius 3 is 2.43 bits per heavy atom. The van der Waals surface area contributed by atoms with Crippen LogP contribution in [0.3, 0.4) is 0 Å². The Morgan fingerprint density at radius 2 is 1.90 bits per heavy atom. The molecule has 0 saturated heterocycles. The lowest BCUT2D eigenvalue weighted by molar-refractivity contribution is -0.0165. The van der Waals surface area contributed by atoms with Gasteiger partial charge in [0.25, 0.3) is 0 Å². The number of hydrogen-bond acceptors (Lipinski definition) is 4. The smallest absolute Gasteiger partial charge is 0.179 e. The Kier molecular flexibility index (Phi) is 6.78. The maximum Gasteiger partial charge on any atom is 0.179 e. The molecule has 4 nitrogen and oxygen atoms in total. The highest BCUT2D eigenvalue weighted by atomic mass is 35.5. The summed E-state index contributed by atoms with van der Waals surface area (Å²) in [6, 6.07) is 3.85. The second kappa shape index (κ2) is 7.87. The molecule has 0 aliphatic rings. The summed E-state index contributed by atoms with van der Waals surface area (Å²) >= 11 is 6.28. The molecule has 0 aliphatic heterocycles. The summed E-state index contributed by atoms with van der Waals surface area (Å²) in [7, 11) is 1.60. The fourth-order valence-corrected chi connectivity index (χ4v) is 2.18. The zero-order chi connectivity index (χ0) is 16.0. The number of methoxy groups -OCH3 is 1. The molecule has 1 aromatic rings. The lowest BCUT2D eigenvalue weighted by Crippen LogP contribution is -2.22. The zero-order valence-corrected chi connectivity index (χ0v) is 14.3. The first-order chi connectivity index (χ1) is 9.73. The van der Waals surface area contributed by atoms with Crippen molar-refractivity contribution in [2.75, 3.05) is 20.3 Å². The third-order valence-electron chi connectivity index (χ3n) is 2.71. The number of hydrogen-bond donors (Lipinski definition) is 1. The molecule has 0 amide bonds. The van der Waals surface area contributed by atoms with Gasteiger partial charge in [0, 0.05) is 6.04 Å². The molecule has 0 aliphatic carbocycles. The predicted octanol–water partition coefficient (Wildman–Crippen LogP) is 3.43. The van der Waals surface area contributed by atoms with E-state index in [2.05, 4.69) is 0 Å². The molecule has 0 fully saturated rings. The van der Waals surface area contributed by atoms with Crippen molar-refractivity contribution in [2.45, 2.75) is 45.8 Å². The fraction of sp³-hybridized carbons (Fsp3) is 0.625. The van der Waals surface area contributed by atoms with Crippen molar-refractivity contribution in [3.05, 3.63) is 22.7 Å². The zero-order valence-electron chi connectivity index (χ0n) is 13.5. The van der Waals surface area contributed by atoms with Crippen LogP contribution in [0, 0.1) is 0 Å². The summed E-state index contributed by atoms with van der Waals surface area (Å²) in [4.78, 5) is 0. The van der Waals surface area contributed by atoms with Gasteiger partial charge in [0.2, 0.25) is 0 Å². The van der Waals surface area contributed by atoms with Gasteiger partial charge in [-0.3, -0.25) is 0 Å². The Balaban J connectivity index is 2.73. The molecule has 0 heterocycles. The molecule has 1 unspecified atom stereocenters. The summed E-state index contributed by atoms with van der Waals surface area (Å²) in [5, 5.41) is 0.528. The number of benzene rings is 1. The Bertz CT molecular complexity index is 456. The van der Waals surface area contributed by atoms with Crippen LogP contribution < -0.4 is 15.2 Å².